The molecule has 0 bridgehead atoms. The largest absolute Gasteiger partial charge is 0.368 e. The van der Waals surface area contributed by atoms with E-state index in [1.165, 1.54) is 6.33 Å². The van der Waals surface area contributed by atoms with Gasteiger partial charge >= 0.3 is 0 Å². The number of hydrogen-bond donors (Lipinski definition) is 3. The van der Waals surface area contributed by atoms with Crippen LogP contribution in [-0.4, -0.2) is 46.6 Å². The molecule has 0 unspecified atom stereocenters. The van der Waals surface area contributed by atoms with Crippen molar-refractivity contribution in [1.29, 1.82) is 0 Å². The Hall–Kier alpha value is -1.74. The summed E-state index contributed by atoms with van der Waals surface area (Å²) in [7, 11) is -4.20. The van der Waals surface area contributed by atoms with E-state index < -0.39 is 38.0 Å². The van der Waals surface area contributed by atoms with Gasteiger partial charge in [-0.3, -0.25) is 9.59 Å². The summed E-state index contributed by atoms with van der Waals surface area (Å²) in [6, 6.07) is 0. The standard InChI is InChI=1S/C14H24N4O4S/c1-3-5-10(6-4-2)23(21,22)8-14(16,13(15)20)12(19)11-7-17-9-18-11/h7,9-10H,3-6,8,16H2,1-2H3,(H2,15,20)(H,17,18)/t14-/m1/s1/i10D. The van der Waals surface area contributed by atoms with Crippen molar-refractivity contribution in [3.63, 3.8) is 0 Å². The summed E-state index contributed by atoms with van der Waals surface area (Å²) in [4.78, 5) is 30.4. The Labute approximate surface area is 137 Å². The van der Waals surface area contributed by atoms with E-state index in [0.29, 0.717) is 12.8 Å². The van der Waals surface area contributed by atoms with Crippen LogP contribution in [0.25, 0.3) is 0 Å². The lowest BCUT2D eigenvalue weighted by atomic mass is 9.95. The van der Waals surface area contributed by atoms with E-state index in [4.69, 9.17) is 12.8 Å². The number of nitrogens with one attached hydrogen (secondary N) is 1. The number of primary amides is 1. The lowest BCUT2D eigenvalue weighted by Gasteiger charge is -2.26. The smallest absolute Gasteiger partial charge is 0.246 e. The van der Waals surface area contributed by atoms with Gasteiger partial charge in [0.05, 0.1) is 23.5 Å². The first-order valence-corrected chi connectivity index (χ1v) is 9.03. The minimum absolute atomic E-state index is 0.0796. The zero-order chi connectivity index (χ0) is 18.6. The molecule has 0 aliphatic carbocycles. The van der Waals surface area contributed by atoms with E-state index >= 15 is 0 Å². The average molecular weight is 345 g/mol. The molecule has 5 N–H and O–H groups in total. The highest BCUT2D eigenvalue weighted by Crippen LogP contribution is 2.21. The number of imidazole rings is 1. The molecule has 0 aliphatic heterocycles. The molecule has 1 rings (SSSR count). The van der Waals surface area contributed by atoms with E-state index in [9.17, 15) is 18.0 Å². The molecule has 0 fully saturated rings. The average Bonchev–Trinajstić information content (AvgIpc) is 3.00. The van der Waals surface area contributed by atoms with Crippen LogP contribution in [-0.2, 0) is 14.6 Å². The summed E-state index contributed by atoms with van der Waals surface area (Å²) in [5.41, 5.74) is 8.47. The fourth-order valence-electron chi connectivity index (χ4n) is 2.26. The topological polar surface area (TPSA) is 149 Å². The van der Waals surface area contributed by atoms with Crippen molar-refractivity contribution in [3.8, 4) is 0 Å². The van der Waals surface area contributed by atoms with Crippen molar-refractivity contribution >= 4 is 21.5 Å². The fourth-order valence-corrected chi connectivity index (χ4v) is 4.37. The summed E-state index contributed by atoms with van der Waals surface area (Å²) in [6.45, 7) is 3.52. The van der Waals surface area contributed by atoms with Crippen LogP contribution in [0, 0.1) is 0 Å². The number of carbonyl (C=O) groups is 2. The summed E-state index contributed by atoms with van der Waals surface area (Å²) < 4.78 is 33.9. The second-order valence-electron chi connectivity index (χ2n) is 5.43. The van der Waals surface area contributed by atoms with Gasteiger partial charge in [-0.1, -0.05) is 26.7 Å². The van der Waals surface area contributed by atoms with Crippen molar-refractivity contribution in [2.24, 2.45) is 11.5 Å². The number of aromatic amines is 1. The normalized spacial score (nSPS) is 15.7. The molecule has 1 aromatic heterocycles. The molecule has 8 nitrogen and oxygen atoms in total. The number of amides is 1. The van der Waals surface area contributed by atoms with Crippen molar-refractivity contribution in [2.45, 2.75) is 50.3 Å². The van der Waals surface area contributed by atoms with Crippen LogP contribution in [0.1, 0.15) is 51.4 Å². The molecule has 0 aromatic carbocycles. The van der Waals surface area contributed by atoms with Gasteiger partial charge in [0.1, 0.15) is 5.69 Å². The highest BCUT2D eigenvalue weighted by atomic mass is 32.2. The van der Waals surface area contributed by atoms with Gasteiger partial charge in [-0.15, -0.1) is 0 Å². The Bertz CT molecular complexity index is 684. The van der Waals surface area contributed by atoms with Crippen LogP contribution in [0.4, 0.5) is 0 Å². The summed E-state index contributed by atoms with van der Waals surface area (Å²) in [5.74, 6) is -3.25. The Morgan fingerprint density at radius 3 is 2.35 bits per heavy atom. The van der Waals surface area contributed by atoms with E-state index in [-0.39, 0.29) is 18.5 Å². The number of ketones is 1. The number of aromatic nitrogens is 2. The van der Waals surface area contributed by atoms with Crippen LogP contribution in [0.15, 0.2) is 12.5 Å². The number of H-pyrrole nitrogens is 1. The third-order valence-electron chi connectivity index (χ3n) is 3.50. The minimum atomic E-state index is -4.20. The highest BCUT2D eigenvalue weighted by molar-refractivity contribution is 7.92. The number of sulfone groups is 1. The monoisotopic (exact) mass is 345 g/mol. The number of carbonyl (C=O) groups excluding carboxylic acids is 2. The van der Waals surface area contributed by atoms with Gasteiger partial charge in [0.25, 0.3) is 0 Å². The molecule has 130 valence electrons. The zero-order valence-electron chi connectivity index (χ0n) is 14.3. The summed E-state index contributed by atoms with van der Waals surface area (Å²) >= 11 is 0. The third-order valence-corrected chi connectivity index (χ3v) is 5.63. The van der Waals surface area contributed by atoms with Gasteiger partial charge in [0.15, 0.2) is 15.4 Å². The molecule has 1 aromatic rings. The van der Waals surface area contributed by atoms with Gasteiger partial charge in [-0.25, -0.2) is 13.4 Å². The number of Topliss-reactive ketones (excluding diaryl/α,β-unsaturated/α-hetero) is 1. The van der Waals surface area contributed by atoms with Crippen LogP contribution in [0.5, 0.6) is 0 Å². The molecule has 1 atom stereocenters. The molecular formula is C14H24N4O4S. The number of nitrogens with two attached hydrogens (primary N) is 2. The first-order chi connectivity index (χ1) is 11.0. The number of rotatable bonds is 10. The molecular weight excluding hydrogens is 320 g/mol. The highest BCUT2D eigenvalue weighted by Gasteiger charge is 2.46. The molecule has 0 aliphatic rings. The maximum absolute atomic E-state index is 12.8. The van der Waals surface area contributed by atoms with E-state index in [2.05, 4.69) is 9.97 Å². The second kappa shape index (κ2) is 7.69. The van der Waals surface area contributed by atoms with E-state index in [0.717, 1.165) is 6.20 Å². The first-order valence-electron chi connectivity index (χ1n) is 7.88. The first kappa shape index (κ1) is 17.6. The van der Waals surface area contributed by atoms with Crippen LogP contribution < -0.4 is 11.5 Å². The second-order valence-corrected chi connectivity index (χ2v) is 7.52. The fraction of sp³-hybridized carbons (Fsp3) is 0.643. The predicted octanol–water partition coefficient (Wildman–Crippen LogP) is 0.159. The molecule has 0 radical (unpaired) electrons. The van der Waals surface area contributed by atoms with Crippen LogP contribution in [0.3, 0.4) is 0 Å². The van der Waals surface area contributed by atoms with E-state index in [1.807, 2.05) is 0 Å². The Balaban J connectivity index is 3.28. The van der Waals surface area contributed by atoms with Gasteiger partial charge in [-0.05, 0) is 12.8 Å². The van der Waals surface area contributed by atoms with Crippen LogP contribution >= 0.6 is 0 Å². The lowest BCUT2D eigenvalue weighted by molar-refractivity contribution is -0.120. The number of hydrogen-bond acceptors (Lipinski definition) is 6. The SMILES string of the molecule is [2H]C(CCC)(CCC)S(=O)(=O)C[C@](N)(C(N)=O)C(=O)c1cnc[nH]1. The van der Waals surface area contributed by atoms with Crippen LogP contribution in [0.2, 0.25) is 0 Å². The quantitative estimate of drug-likeness (QED) is 0.406. The maximum atomic E-state index is 12.8. The number of nitrogens with zero attached hydrogens (tertiary/aromatic N) is 1. The minimum Gasteiger partial charge on any atom is -0.368 e. The van der Waals surface area contributed by atoms with Crippen molar-refractivity contribution in [2.75, 3.05) is 5.75 Å². The molecule has 1 heterocycles. The van der Waals surface area contributed by atoms with Crippen molar-refractivity contribution < 1.29 is 19.4 Å². The van der Waals surface area contributed by atoms with Gasteiger partial charge in [-0.2, -0.15) is 0 Å². The van der Waals surface area contributed by atoms with Crippen molar-refractivity contribution in [3.05, 3.63) is 18.2 Å². The molecule has 0 spiro atoms. The molecule has 9 heteroatoms. The Kier molecular flexibility index (Phi) is 5.89. The lowest BCUT2D eigenvalue weighted by Crippen LogP contribution is -2.63. The van der Waals surface area contributed by atoms with E-state index in [1.54, 1.807) is 13.8 Å². The Morgan fingerprint density at radius 2 is 1.96 bits per heavy atom. The molecule has 0 saturated carbocycles. The molecule has 1 amide bonds. The Morgan fingerprint density at radius 1 is 1.39 bits per heavy atom. The summed E-state index contributed by atoms with van der Waals surface area (Å²) in [6.07, 6.45) is 3.42. The van der Waals surface area contributed by atoms with Gasteiger partial charge in [0, 0.05) is 1.37 Å². The van der Waals surface area contributed by atoms with Gasteiger partial charge < -0.3 is 16.5 Å². The third kappa shape index (κ3) is 4.38. The molecule has 0 saturated heterocycles. The molecule has 23 heavy (non-hydrogen) atoms. The maximum Gasteiger partial charge on any atom is 0.246 e. The summed E-state index contributed by atoms with van der Waals surface area (Å²) in [5, 5.41) is -1.81. The van der Waals surface area contributed by atoms with Crippen molar-refractivity contribution in [1.82, 2.24) is 9.97 Å². The predicted molar refractivity (Wildman–Crippen MR) is 86.4 cm³/mol. The van der Waals surface area contributed by atoms with Gasteiger partial charge in [0.2, 0.25) is 11.7 Å². The zero-order valence-corrected chi connectivity index (χ0v) is 14.1.